The van der Waals surface area contributed by atoms with Gasteiger partial charge in [-0.15, -0.1) is 21.5 Å². The van der Waals surface area contributed by atoms with Crippen LogP contribution in [0.25, 0.3) is 11.3 Å². The molecule has 0 fully saturated rings. The van der Waals surface area contributed by atoms with E-state index < -0.39 is 0 Å². The molecule has 0 aliphatic carbocycles. The van der Waals surface area contributed by atoms with E-state index in [1.54, 1.807) is 0 Å². The Hall–Kier alpha value is -3.17. The van der Waals surface area contributed by atoms with Crippen molar-refractivity contribution in [2.75, 3.05) is 11.1 Å². The van der Waals surface area contributed by atoms with Gasteiger partial charge in [-0.3, -0.25) is 4.79 Å². The summed E-state index contributed by atoms with van der Waals surface area (Å²) in [7, 11) is 0. The molecule has 0 unspecified atom stereocenters. The normalized spacial score (nSPS) is 11.0. The predicted molar refractivity (Wildman–Crippen MR) is 131 cm³/mol. The van der Waals surface area contributed by atoms with E-state index in [9.17, 15) is 4.79 Å². The highest BCUT2D eigenvalue weighted by Gasteiger charge is 2.14. The fourth-order valence-electron chi connectivity index (χ4n) is 3.09. The number of hydrogen-bond donors (Lipinski definition) is 1. The van der Waals surface area contributed by atoms with Gasteiger partial charge in [-0.2, -0.15) is 0 Å². The first-order valence-electron chi connectivity index (χ1n) is 10.5. The van der Waals surface area contributed by atoms with Crippen molar-refractivity contribution in [3.8, 4) is 17.0 Å². The molecule has 0 bridgehead atoms. The lowest BCUT2D eigenvalue weighted by Gasteiger charge is -2.13. The first-order valence-corrected chi connectivity index (χ1v) is 12.3. The Balaban J connectivity index is 1.28. The van der Waals surface area contributed by atoms with E-state index in [4.69, 9.17) is 9.15 Å². The number of carbonyl (C=O) groups excluding carboxylic acids is 1. The molecule has 9 heteroatoms. The van der Waals surface area contributed by atoms with Crippen LogP contribution in [0.1, 0.15) is 36.8 Å². The van der Waals surface area contributed by atoms with Crippen molar-refractivity contribution in [1.29, 1.82) is 0 Å². The maximum absolute atomic E-state index is 12.3. The van der Waals surface area contributed by atoms with Crippen molar-refractivity contribution in [2.24, 2.45) is 0 Å². The number of rotatable bonds is 9. The van der Waals surface area contributed by atoms with E-state index in [1.165, 1.54) is 23.1 Å². The van der Waals surface area contributed by atoms with Crippen LogP contribution in [0.4, 0.5) is 5.13 Å². The molecule has 7 nitrogen and oxygen atoms in total. The minimum atomic E-state index is -0.189. The van der Waals surface area contributed by atoms with Crippen LogP contribution in [0.15, 0.2) is 63.6 Å². The molecule has 0 saturated carbocycles. The number of aromatic nitrogens is 3. The molecule has 0 aliphatic heterocycles. The van der Waals surface area contributed by atoms with Gasteiger partial charge in [-0.05, 0) is 30.0 Å². The molecular weight excluding hydrogens is 456 g/mol. The van der Waals surface area contributed by atoms with Gasteiger partial charge in [0.2, 0.25) is 5.91 Å². The number of thioether (sulfide) groups is 1. The Morgan fingerprint density at radius 2 is 2.00 bits per heavy atom. The fourth-order valence-corrected chi connectivity index (χ4v) is 4.41. The first-order chi connectivity index (χ1) is 16.0. The third-order valence-corrected chi connectivity index (χ3v) is 6.31. The highest BCUT2D eigenvalue weighted by molar-refractivity contribution is 7.99. The molecule has 1 amide bonds. The molecule has 2 heterocycles. The third-order valence-electron chi connectivity index (χ3n) is 4.74. The summed E-state index contributed by atoms with van der Waals surface area (Å²) in [6.45, 7) is 6.44. The van der Waals surface area contributed by atoms with Gasteiger partial charge in [-0.1, -0.05) is 68.1 Å². The Labute approximate surface area is 200 Å². The summed E-state index contributed by atoms with van der Waals surface area (Å²) in [6.07, 6.45) is 0. The SMILES string of the molecule is Cc1ccc(C(C)C)c(OCc2nnc(SCC(=O)Nc3nc(-c4ccccc4)cs3)o2)c1. The number of aryl methyl sites for hydroxylation is 1. The molecule has 0 radical (unpaired) electrons. The number of ether oxygens (including phenoxy) is 1. The van der Waals surface area contributed by atoms with Gasteiger partial charge in [0.15, 0.2) is 11.7 Å². The Morgan fingerprint density at radius 3 is 2.79 bits per heavy atom. The Bertz CT molecular complexity index is 1220. The summed E-state index contributed by atoms with van der Waals surface area (Å²) in [5, 5.41) is 13.6. The van der Waals surface area contributed by atoms with Crippen molar-refractivity contribution >= 4 is 34.1 Å². The molecule has 4 rings (SSSR count). The number of anilines is 1. The summed E-state index contributed by atoms with van der Waals surface area (Å²) >= 11 is 2.56. The standard InChI is InChI=1S/C24H24N4O3S2/c1-15(2)18-10-9-16(3)11-20(18)30-12-22-27-28-24(31-22)33-14-21(29)26-23-25-19(13-32-23)17-7-5-4-6-8-17/h4-11,13,15H,12,14H2,1-3H3,(H,25,26,29). The molecule has 2 aromatic heterocycles. The highest BCUT2D eigenvalue weighted by atomic mass is 32.2. The second kappa shape index (κ2) is 10.6. The Kier molecular flexibility index (Phi) is 7.41. The van der Waals surface area contributed by atoms with Gasteiger partial charge in [-0.25, -0.2) is 4.98 Å². The van der Waals surface area contributed by atoms with Crippen molar-refractivity contribution in [3.63, 3.8) is 0 Å². The average Bonchev–Trinajstić information content (AvgIpc) is 3.46. The highest BCUT2D eigenvalue weighted by Crippen LogP contribution is 2.29. The molecular formula is C24H24N4O3S2. The maximum Gasteiger partial charge on any atom is 0.277 e. The minimum Gasteiger partial charge on any atom is -0.484 e. The lowest BCUT2D eigenvalue weighted by molar-refractivity contribution is -0.113. The second-order valence-electron chi connectivity index (χ2n) is 7.69. The number of benzene rings is 2. The van der Waals surface area contributed by atoms with Crippen molar-refractivity contribution in [2.45, 2.75) is 38.5 Å². The van der Waals surface area contributed by atoms with Crippen LogP contribution in [-0.2, 0) is 11.4 Å². The number of hydrogen-bond acceptors (Lipinski definition) is 8. The third kappa shape index (κ3) is 6.21. The molecule has 170 valence electrons. The topological polar surface area (TPSA) is 90.1 Å². The summed E-state index contributed by atoms with van der Waals surface area (Å²) in [4.78, 5) is 16.8. The molecule has 0 atom stereocenters. The van der Waals surface area contributed by atoms with Gasteiger partial charge in [0.05, 0.1) is 11.4 Å². The van der Waals surface area contributed by atoms with Gasteiger partial charge < -0.3 is 14.5 Å². The quantitative estimate of drug-likeness (QED) is 0.297. The molecule has 2 aromatic carbocycles. The van der Waals surface area contributed by atoms with E-state index >= 15 is 0 Å². The zero-order valence-electron chi connectivity index (χ0n) is 18.6. The van der Waals surface area contributed by atoms with E-state index in [0.29, 0.717) is 22.2 Å². The fraction of sp³-hybridized carbons (Fsp3) is 0.250. The van der Waals surface area contributed by atoms with Gasteiger partial charge in [0.1, 0.15) is 5.75 Å². The number of carbonyl (C=O) groups is 1. The smallest absolute Gasteiger partial charge is 0.277 e. The monoisotopic (exact) mass is 480 g/mol. The summed E-state index contributed by atoms with van der Waals surface area (Å²) in [6, 6.07) is 16.0. The van der Waals surface area contributed by atoms with Crippen LogP contribution >= 0.6 is 23.1 Å². The van der Waals surface area contributed by atoms with Crippen LogP contribution in [0.2, 0.25) is 0 Å². The molecule has 33 heavy (non-hydrogen) atoms. The summed E-state index contributed by atoms with van der Waals surface area (Å²) < 4.78 is 11.6. The zero-order chi connectivity index (χ0) is 23.2. The van der Waals surface area contributed by atoms with Crippen molar-refractivity contribution < 1.29 is 13.9 Å². The molecule has 4 aromatic rings. The maximum atomic E-state index is 12.3. The summed E-state index contributed by atoms with van der Waals surface area (Å²) in [5.41, 5.74) is 4.09. The van der Waals surface area contributed by atoms with E-state index in [1.807, 2.05) is 48.7 Å². The number of thiazole rings is 1. The predicted octanol–water partition coefficient (Wildman–Crippen LogP) is 5.93. The molecule has 0 aliphatic rings. The first kappa shape index (κ1) is 23.0. The molecule has 0 saturated heterocycles. The van der Waals surface area contributed by atoms with E-state index in [2.05, 4.69) is 46.5 Å². The average molecular weight is 481 g/mol. The lowest BCUT2D eigenvalue weighted by Crippen LogP contribution is -2.13. The van der Waals surface area contributed by atoms with Crippen LogP contribution in [0.3, 0.4) is 0 Å². The molecule has 1 N–H and O–H groups in total. The van der Waals surface area contributed by atoms with Gasteiger partial charge in [0.25, 0.3) is 11.1 Å². The van der Waals surface area contributed by atoms with E-state index in [0.717, 1.165) is 28.1 Å². The largest absolute Gasteiger partial charge is 0.484 e. The van der Waals surface area contributed by atoms with Crippen LogP contribution in [0.5, 0.6) is 5.75 Å². The Morgan fingerprint density at radius 1 is 1.18 bits per heavy atom. The van der Waals surface area contributed by atoms with Crippen molar-refractivity contribution in [1.82, 2.24) is 15.2 Å². The van der Waals surface area contributed by atoms with E-state index in [-0.39, 0.29) is 18.3 Å². The van der Waals surface area contributed by atoms with Gasteiger partial charge in [0, 0.05) is 10.9 Å². The van der Waals surface area contributed by atoms with Crippen LogP contribution < -0.4 is 10.1 Å². The molecule has 0 spiro atoms. The number of nitrogens with zero attached hydrogens (tertiary/aromatic N) is 3. The van der Waals surface area contributed by atoms with Crippen molar-refractivity contribution in [3.05, 3.63) is 70.9 Å². The van der Waals surface area contributed by atoms with Crippen LogP contribution in [0, 0.1) is 6.92 Å². The number of nitrogens with one attached hydrogen (secondary N) is 1. The second-order valence-corrected chi connectivity index (χ2v) is 9.47. The lowest BCUT2D eigenvalue weighted by atomic mass is 10.0. The van der Waals surface area contributed by atoms with Gasteiger partial charge >= 0.3 is 0 Å². The minimum absolute atomic E-state index is 0.137. The zero-order valence-corrected chi connectivity index (χ0v) is 20.2. The van der Waals surface area contributed by atoms with Crippen LogP contribution in [-0.4, -0.2) is 26.8 Å². The summed E-state index contributed by atoms with van der Waals surface area (Å²) in [5.74, 6) is 1.47. The number of amides is 1.